The smallest absolute Gasteiger partial charge is 0.314 e. The third kappa shape index (κ3) is 3.16. The van der Waals surface area contributed by atoms with E-state index in [9.17, 15) is 13.2 Å². The van der Waals surface area contributed by atoms with Crippen LogP contribution in [0.1, 0.15) is 5.56 Å². The van der Waals surface area contributed by atoms with Crippen LogP contribution in [-0.2, 0) is 14.8 Å². The molecule has 0 saturated heterocycles. The molecule has 0 aliphatic rings. The SMILES string of the molecule is Cc1ccc(S(=O)(=O)Nc2ccccc2N[C]=O)cc1. The quantitative estimate of drug-likeness (QED) is 0.829. The maximum atomic E-state index is 12.2. The molecule has 0 bridgehead atoms. The Morgan fingerprint density at radius 2 is 1.55 bits per heavy atom. The summed E-state index contributed by atoms with van der Waals surface area (Å²) in [6.07, 6.45) is 1.52. The molecule has 0 aromatic heterocycles. The van der Waals surface area contributed by atoms with Crippen LogP contribution < -0.4 is 10.0 Å². The van der Waals surface area contributed by atoms with Crippen LogP contribution in [0.25, 0.3) is 0 Å². The van der Waals surface area contributed by atoms with Crippen molar-refractivity contribution >= 4 is 27.8 Å². The Balaban J connectivity index is 2.33. The fourth-order valence-corrected chi connectivity index (χ4v) is 2.74. The number of hydrogen-bond donors (Lipinski definition) is 2. The van der Waals surface area contributed by atoms with Gasteiger partial charge in [0, 0.05) is 0 Å². The van der Waals surface area contributed by atoms with Crippen LogP contribution in [0, 0.1) is 6.92 Å². The first-order valence-electron chi connectivity index (χ1n) is 5.84. The highest BCUT2D eigenvalue weighted by Gasteiger charge is 2.15. The van der Waals surface area contributed by atoms with Gasteiger partial charge in [0.05, 0.1) is 16.3 Å². The summed E-state index contributed by atoms with van der Waals surface area (Å²) in [5.74, 6) is 0. The van der Waals surface area contributed by atoms with E-state index in [1.54, 1.807) is 36.4 Å². The molecule has 0 aliphatic heterocycles. The van der Waals surface area contributed by atoms with Crippen LogP contribution in [0.5, 0.6) is 0 Å². The number of carbonyl (C=O) groups excluding carboxylic acids is 1. The highest BCUT2D eigenvalue weighted by molar-refractivity contribution is 7.92. The van der Waals surface area contributed by atoms with Crippen LogP contribution in [0.3, 0.4) is 0 Å². The Bertz CT molecular complexity index is 709. The Morgan fingerprint density at radius 3 is 2.15 bits per heavy atom. The highest BCUT2D eigenvalue weighted by atomic mass is 32.2. The number of sulfonamides is 1. The third-order valence-electron chi connectivity index (χ3n) is 2.69. The van der Waals surface area contributed by atoms with E-state index in [0.29, 0.717) is 5.69 Å². The van der Waals surface area contributed by atoms with Crippen molar-refractivity contribution in [3.8, 4) is 0 Å². The van der Waals surface area contributed by atoms with E-state index in [-0.39, 0.29) is 10.6 Å². The van der Waals surface area contributed by atoms with Gasteiger partial charge in [-0.15, -0.1) is 0 Å². The Morgan fingerprint density at radius 1 is 0.950 bits per heavy atom. The molecule has 0 aliphatic carbocycles. The van der Waals surface area contributed by atoms with Crippen LogP contribution in [0.4, 0.5) is 11.4 Å². The molecule has 0 spiro atoms. The number of rotatable bonds is 5. The molecule has 5 nitrogen and oxygen atoms in total. The van der Waals surface area contributed by atoms with Gasteiger partial charge in [-0.25, -0.2) is 8.42 Å². The van der Waals surface area contributed by atoms with Crippen molar-refractivity contribution in [2.24, 2.45) is 0 Å². The Kier molecular flexibility index (Phi) is 4.05. The van der Waals surface area contributed by atoms with Gasteiger partial charge in [0.1, 0.15) is 0 Å². The van der Waals surface area contributed by atoms with Gasteiger partial charge in [0.25, 0.3) is 10.0 Å². The fourth-order valence-electron chi connectivity index (χ4n) is 1.66. The van der Waals surface area contributed by atoms with E-state index in [0.717, 1.165) is 5.56 Å². The van der Waals surface area contributed by atoms with Gasteiger partial charge in [0.2, 0.25) is 0 Å². The molecule has 2 rings (SSSR count). The van der Waals surface area contributed by atoms with E-state index in [2.05, 4.69) is 10.0 Å². The summed E-state index contributed by atoms with van der Waals surface area (Å²) in [5.41, 5.74) is 1.61. The number of benzene rings is 2. The van der Waals surface area contributed by atoms with Crippen LogP contribution in [0.2, 0.25) is 0 Å². The zero-order valence-electron chi connectivity index (χ0n) is 10.8. The number of para-hydroxylation sites is 2. The molecule has 1 radical (unpaired) electrons. The van der Waals surface area contributed by atoms with E-state index in [1.165, 1.54) is 18.5 Å². The lowest BCUT2D eigenvalue weighted by molar-refractivity contribution is 0.561. The molecule has 2 aromatic carbocycles. The average molecular weight is 289 g/mol. The lowest BCUT2D eigenvalue weighted by atomic mass is 10.2. The molecule has 6 heteroatoms. The number of hydrogen-bond acceptors (Lipinski definition) is 3. The summed E-state index contributed by atoms with van der Waals surface area (Å²) in [7, 11) is -3.69. The van der Waals surface area contributed by atoms with Crippen molar-refractivity contribution in [1.82, 2.24) is 0 Å². The highest BCUT2D eigenvalue weighted by Crippen LogP contribution is 2.23. The molecule has 103 valence electrons. The summed E-state index contributed by atoms with van der Waals surface area (Å²) in [6.45, 7) is 1.88. The molecule has 0 unspecified atom stereocenters. The van der Waals surface area contributed by atoms with Gasteiger partial charge < -0.3 is 5.32 Å². The van der Waals surface area contributed by atoms with Gasteiger partial charge in [-0.05, 0) is 31.2 Å². The second-order valence-corrected chi connectivity index (χ2v) is 5.87. The van der Waals surface area contributed by atoms with Gasteiger partial charge in [0.15, 0.2) is 0 Å². The lowest BCUT2D eigenvalue weighted by Gasteiger charge is -2.11. The van der Waals surface area contributed by atoms with E-state index < -0.39 is 10.0 Å². The molecule has 0 saturated carbocycles. The minimum Gasteiger partial charge on any atom is -0.316 e. The fraction of sp³-hybridized carbons (Fsp3) is 0.0714. The van der Waals surface area contributed by atoms with Crippen molar-refractivity contribution in [3.05, 3.63) is 54.1 Å². The molecule has 20 heavy (non-hydrogen) atoms. The minimum atomic E-state index is -3.69. The van der Waals surface area contributed by atoms with Crippen molar-refractivity contribution in [2.75, 3.05) is 10.0 Å². The van der Waals surface area contributed by atoms with Crippen molar-refractivity contribution in [3.63, 3.8) is 0 Å². The summed E-state index contributed by atoms with van der Waals surface area (Å²) in [6, 6.07) is 13.0. The van der Waals surface area contributed by atoms with Crippen molar-refractivity contribution < 1.29 is 13.2 Å². The molecule has 2 aromatic rings. The molecular weight excluding hydrogens is 276 g/mol. The summed E-state index contributed by atoms with van der Waals surface area (Å²) >= 11 is 0. The molecule has 0 fully saturated rings. The van der Waals surface area contributed by atoms with E-state index in [1.807, 2.05) is 6.92 Å². The average Bonchev–Trinajstić information content (AvgIpc) is 2.41. The number of aryl methyl sites for hydroxylation is 1. The first-order valence-corrected chi connectivity index (χ1v) is 7.33. The van der Waals surface area contributed by atoms with Crippen molar-refractivity contribution in [1.29, 1.82) is 0 Å². The maximum absolute atomic E-state index is 12.2. The van der Waals surface area contributed by atoms with Crippen molar-refractivity contribution in [2.45, 2.75) is 11.8 Å². The monoisotopic (exact) mass is 289 g/mol. The Hall–Kier alpha value is -2.34. The number of amides is 1. The maximum Gasteiger partial charge on any atom is 0.314 e. The summed E-state index contributed by atoms with van der Waals surface area (Å²) in [5, 5.41) is 2.33. The third-order valence-corrected chi connectivity index (χ3v) is 4.07. The number of anilines is 2. The molecule has 0 heterocycles. The van der Waals surface area contributed by atoms with Crippen LogP contribution in [0.15, 0.2) is 53.4 Å². The topological polar surface area (TPSA) is 75.3 Å². The Labute approximate surface area is 117 Å². The predicted molar refractivity (Wildman–Crippen MR) is 77.7 cm³/mol. The van der Waals surface area contributed by atoms with Gasteiger partial charge >= 0.3 is 6.41 Å². The van der Waals surface area contributed by atoms with Gasteiger partial charge in [-0.2, -0.15) is 0 Å². The molecular formula is C14H13N2O3S. The van der Waals surface area contributed by atoms with Crippen LogP contribution >= 0.6 is 0 Å². The lowest BCUT2D eigenvalue weighted by Crippen LogP contribution is -2.14. The minimum absolute atomic E-state index is 0.160. The zero-order valence-corrected chi connectivity index (χ0v) is 11.6. The van der Waals surface area contributed by atoms with E-state index in [4.69, 9.17) is 0 Å². The van der Waals surface area contributed by atoms with Gasteiger partial charge in [-0.1, -0.05) is 29.8 Å². The standard InChI is InChI=1S/C14H13N2O3S/c1-11-6-8-12(9-7-11)20(18,19)16-14-5-3-2-4-13(14)15-10-17/h2-9,16H,1H3,(H,15,17). The van der Waals surface area contributed by atoms with Crippen LogP contribution in [-0.4, -0.2) is 14.8 Å². The summed E-state index contributed by atoms with van der Waals surface area (Å²) < 4.78 is 26.9. The second-order valence-electron chi connectivity index (χ2n) is 4.19. The number of nitrogens with one attached hydrogen (secondary N) is 2. The first-order chi connectivity index (χ1) is 9.53. The normalized spacial score (nSPS) is 10.8. The largest absolute Gasteiger partial charge is 0.316 e. The summed E-state index contributed by atoms with van der Waals surface area (Å²) in [4.78, 5) is 10.5. The molecule has 0 atom stereocenters. The predicted octanol–water partition coefficient (Wildman–Crippen LogP) is 2.27. The van der Waals surface area contributed by atoms with Gasteiger partial charge in [-0.3, -0.25) is 9.52 Å². The molecule has 1 amide bonds. The zero-order chi connectivity index (χ0) is 14.6. The first kappa shape index (κ1) is 14.1. The second kappa shape index (κ2) is 5.75. The van der Waals surface area contributed by atoms with E-state index >= 15 is 0 Å². The molecule has 2 N–H and O–H groups in total.